The summed E-state index contributed by atoms with van der Waals surface area (Å²) in [5.41, 5.74) is 33.2. The van der Waals surface area contributed by atoms with Crippen LogP contribution in [0.15, 0.2) is 109 Å². The smallest absolute Gasteiger partial charge is 0.243 e. The van der Waals surface area contributed by atoms with Gasteiger partial charge in [-0.1, -0.05) is 66.7 Å². The average molecular weight is 958 g/mol. The Balaban J connectivity index is 1.30. The summed E-state index contributed by atoms with van der Waals surface area (Å²) >= 11 is 0. The zero-order valence-electron chi connectivity index (χ0n) is 38.8. The molecule has 0 unspecified atom stereocenters. The highest BCUT2D eigenvalue weighted by Crippen LogP contribution is 2.21. The first-order valence-electron chi connectivity index (χ1n) is 23.2. The monoisotopic (exact) mass is 958 g/mol. The van der Waals surface area contributed by atoms with Gasteiger partial charge in [-0.15, -0.1) is 0 Å². The number of fused-ring (bicyclic) bond motifs is 2. The van der Waals surface area contributed by atoms with Crippen LogP contribution in [0.4, 0.5) is 0 Å². The van der Waals surface area contributed by atoms with E-state index in [-0.39, 0.29) is 57.5 Å². The fraction of sp³-hybridized carbons (Fsp3) is 0.347. The van der Waals surface area contributed by atoms with Crippen LogP contribution >= 0.6 is 0 Å². The van der Waals surface area contributed by atoms with Gasteiger partial charge in [-0.3, -0.25) is 33.8 Å². The van der Waals surface area contributed by atoms with Crippen molar-refractivity contribution in [1.29, 1.82) is 0 Å². The normalized spacial score (nSPS) is 13.8. The van der Waals surface area contributed by atoms with E-state index in [0.29, 0.717) is 41.8 Å². The van der Waals surface area contributed by atoms with E-state index in [2.05, 4.69) is 51.5 Å². The van der Waals surface area contributed by atoms with Crippen LogP contribution in [0.25, 0.3) is 21.8 Å². The van der Waals surface area contributed by atoms with E-state index in [1.54, 1.807) is 42.9 Å². The Morgan fingerprint density at radius 3 is 1.60 bits per heavy atom. The minimum atomic E-state index is -1.33. The van der Waals surface area contributed by atoms with Gasteiger partial charge >= 0.3 is 0 Å². The van der Waals surface area contributed by atoms with Gasteiger partial charge in [0.2, 0.25) is 35.4 Å². The fourth-order valence-corrected chi connectivity index (χ4v) is 8.16. The van der Waals surface area contributed by atoms with Gasteiger partial charge in [0.1, 0.15) is 30.2 Å². The predicted octanol–water partition coefficient (Wildman–Crippen LogP) is 0.0621. The molecule has 0 aliphatic heterocycles. The second kappa shape index (κ2) is 25.4. The third-order valence-corrected chi connectivity index (χ3v) is 11.9. The summed E-state index contributed by atoms with van der Waals surface area (Å²) in [6.45, 7) is 0.495. The standard InChI is InChI=1S/C49H63N15O6/c50-19-9-8-17-38(43(52)65)60-46(68)40(21-29-11-2-1-3-12-29)63-48(70)42(23-31-26-58-37-16-7-5-14-34(31)37)64-45(67)39(18-10-20-56-49(53)54)61-47(69)41(22-30-25-57-36-15-6-4-13-33(30)36)62-44(66)35(51)24-32-27-55-28-59-32/h1-7,11-16,25-28,35,38-42,57-58H,8-10,17-24,50-51H2,(H2,52,65)(H,55,59)(H,60,68)(H,61,69)(H,62,66)(H,63,70)(H,64,67)(H4,53,54,56)/t35-,38-,39+,40+,41+,42-/m0/s1. The number of nitrogens with two attached hydrogens (primary N) is 5. The number of carbonyl (C=O) groups excluding carboxylic acids is 6. The number of H-pyrrole nitrogens is 3. The number of guanidine groups is 1. The van der Waals surface area contributed by atoms with Crippen LogP contribution in [0.2, 0.25) is 0 Å². The van der Waals surface area contributed by atoms with E-state index in [9.17, 15) is 28.8 Å². The molecule has 21 nitrogen and oxygen atoms in total. The molecule has 3 aromatic heterocycles. The Hall–Kier alpha value is -8.04. The lowest BCUT2D eigenvalue weighted by Crippen LogP contribution is -2.60. The molecule has 370 valence electrons. The van der Waals surface area contributed by atoms with Gasteiger partial charge in [0.25, 0.3) is 0 Å². The van der Waals surface area contributed by atoms with Crippen molar-refractivity contribution in [2.45, 2.75) is 94.0 Å². The molecule has 0 aliphatic carbocycles. The molecule has 3 heterocycles. The number of hydrogen-bond donors (Lipinski definition) is 13. The van der Waals surface area contributed by atoms with Crippen LogP contribution in [-0.2, 0) is 54.5 Å². The second-order valence-electron chi connectivity index (χ2n) is 17.1. The third kappa shape index (κ3) is 14.7. The van der Waals surface area contributed by atoms with E-state index in [1.807, 2.05) is 54.6 Å². The highest BCUT2D eigenvalue weighted by molar-refractivity contribution is 5.97. The van der Waals surface area contributed by atoms with Crippen LogP contribution in [0, 0.1) is 0 Å². The molecule has 6 aromatic rings. The second-order valence-corrected chi connectivity index (χ2v) is 17.1. The molecule has 70 heavy (non-hydrogen) atoms. The van der Waals surface area contributed by atoms with Gasteiger partial charge in [-0.05, 0) is 67.5 Å². The Labute approximate surface area is 404 Å². The topological polar surface area (TPSA) is 365 Å². The molecule has 0 bridgehead atoms. The minimum absolute atomic E-state index is 0.000563. The SMILES string of the molecule is NCCCC[C@H](NC(=O)[C@@H](Cc1ccccc1)NC(=O)[C@H](Cc1c[nH]c2ccccc12)NC(=O)[C@@H](CCCN=C(N)N)NC(=O)[C@@H](Cc1c[nH]c2ccccc12)NC(=O)[C@@H](N)Cc1cnc[nH]1)C(N)=O. The first-order valence-corrected chi connectivity index (χ1v) is 23.2. The lowest BCUT2D eigenvalue weighted by Gasteiger charge is -2.27. The van der Waals surface area contributed by atoms with E-state index >= 15 is 0 Å². The molecule has 18 N–H and O–H groups in total. The first-order chi connectivity index (χ1) is 33.8. The number of hydrogen-bond acceptors (Lipinski definition) is 10. The molecule has 0 saturated heterocycles. The summed E-state index contributed by atoms with van der Waals surface area (Å²) in [5, 5.41) is 15.7. The van der Waals surface area contributed by atoms with Crippen LogP contribution in [0.5, 0.6) is 0 Å². The van der Waals surface area contributed by atoms with Gasteiger partial charge in [0, 0.05) is 78.3 Å². The van der Waals surface area contributed by atoms with Crippen molar-refractivity contribution in [1.82, 2.24) is 46.5 Å². The van der Waals surface area contributed by atoms with E-state index in [1.165, 1.54) is 6.33 Å². The molecule has 6 amide bonds. The van der Waals surface area contributed by atoms with Crippen molar-refractivity contribution in [3.05, 3.63) is 126 Å². The number of imidazole rings is 1. The number of unbranched alkanes of at least 4 members (excludes halogenated alkanes) is 1. The molecule has 0 saturated carbocycles. The summed E-state index contributed by atoms with van der Waals surface area (Å²) in [4.78, 5) is 102. The van der Waals surface area contributed by atoms with Crippen molar-refractivity contribution in [3.8, 4) is 0 Å². The number of nitrogens with zero attached hydrogens (tertiary/aromatic N) is 2. The van der Waals surface area contributed by atoms with Gasteiger partial charge in [0.05, 0.1) is 12.4 Å². The van der Waals surface area contributed by atoms with Crippen LogP contribution < -0.4 is 55.3 Å². The number of aromatic amines is 3. The maximum absolute atomic E-state index is 14.7. The van der Waals surface area contributed by atoms with Crippen molar-refractivity contribution >= 4 is 63.2 Å². The molecule has 0 aliphatic rings. The summed E-state index contributed by atoms with van der Waals surface area (Å²) in [6, 6.07) is 16.7. The highest BCUT2D eigenvalue weighted by Gasteiger charge is 2.34. The zero-order chi connectivity index (χ0) is 50.0. The molecular weight excluding hydrogens is 895 g/mol. The van der Waals surface area contributed by atoms with Crippen molar-refractivity contribution < 1.29 is 28.8 Å². The summed E-state index contributed by atoms with van der Waals surface area (Å²) < 4.78 is 0. The molecule has 0 fully saturated rings. The third-order valence-electron chi connectivity index (χ3n) is 11.9. The van der Waals surface area contributed by atoms with E-state index in [4.69, 9.17) is 28.7 Å². The summed E-state index contributed by atoms with van der Waals surface area (Å²) in [7, 11) is 0. The molecule has 6 rings (SSSR count). The van der Waals surface area contributed by atoms with Gasteiger partial charge in [0.15, 0.2) is 5.96 Å². The number of aromatic nitrogens is 4. The number of nitrogens with one attached hydrogen (secondary N) is 8. The molecule has 3 aromatic carbocycles. The number of amides is 6. The predicted molar refractivity (Wildman–Crippen MR) is 266 cm³/mol. The lowest BCUT2D eigenvalue weighted by molar-refractivity contribution is -0.135. The van der Waals surface area contributed by atoms with Gasteiger partial charge < -0.3 is 70.2 Å². The number of primary amides is 1. The van der Waals surface area contributed by atoms with Crippen molar-refractivity contribution in [2.24, 2.45) is 33.7 Å². The molecule has 0 radical (unpaired) electrons. The maximum atomic E-state index is 14.7. The van der Waals surface area contributed by atoms with Gasteiger partial charge in [-0.25, -0.2) is 4.98 Å². The van der Waals surface area contributed by atoms with E-state index in [0.717, 1.165) is 21.8 Å². The van der Waals surface area contributed by atoms with Crippen LogP contribution in [0.1, 0.15) is 54.5 Å². The number of rotatable bonds is 27. The molecule has 21 heteroatoms. The lowest BCUT2D eigenvalue weighted by atomic mass is 10.0. The number of carbonyl (C=O) groups is 6. The Morgan fingerprint density at radius 2 is 1.06 bits per heavy atom. The average Bonchev–Trinajstić information content (AvgIpc) is 4.12. The van der Waals surface area contributed by atoms with Crippen molar-refractivity contribution in [3.63, 3.8) is 0 Å². The summed E-state index contributed by atoms with van der Waals surface area (Å²) in [5.74, 6) is -4.37. The number of benzene rings is 3. The van der Waals surface area contributed by atoms with Gasteiger partial charge in [-0.2, -0.15) is 0 Å². The highest BCUT2D eigenvalue weighted by atomic mass is 16.2. The number of aliphatic imine (C=N–C) groups is 1. The first kappa shape index (κ1) is 51.4. The number of para-hydroxylation sites is 2. The quantitative estimate of drug-likeness (QED) is 0.0186. The van der Waals surface area contributed by atoms with Crippen LogP contribution in [-0.4, -0.2) is 111 Å². The molecule has 6 atom stereocenters. The van der Waals surface area contributed by atoms with E-state index < -0.39 is 71.7 Å². The minimum Gasteiger partial charge on any atom is -0.370 e. The molecular formula is C49H63N15O6. The maximum Gasteiger partial charge on any atom is 0.243 e. The largest absolute Gasteiger partial charge is 0.370 e. The Morgan fingerprint density at radius 1 is 0.557 bits per heavy atom. The Bertz CT molecular complexity index is 2710. The Kier molecular flexibility index (Phi) is 18.6. The van der Waals surface area contributed by atoms with Crippen molar-refractivity contribution in [2.75, 3.05) is 13.1 Å². The summed E-state index contributed by atoms with van der Waals surface area (Å²) in [6.07, 6.45) is 8.18. The fourth-order valence-electron chi connectivity index (χ4n) is 8.16. The zero-order valence-corrected chi connectivity index (χ0v) is 38.8. The van der Waals surface area contributed by atoms with Crippen LogP contribution in [0.3, 0.4) is 0 Å². The molecule has 0 spiro atoms.